The molecule has 33 heavy (non-hydrogen) atoms. The summed E-state index contributed by atoms with van der Waals surface area (Å²) in [5, 5.41) is 0.661. The van der Waals surface area contributed by atoms with Crippen molar-refractivity contribution in [1.29, 1.82) is 0 Å². The lowest BCUT2D eigenvalue weighted by Crippen LogP contribution is -2.25. The van der Waals surface area contributed by atoms with Gasteiger partial charge in [-0.2, -0.15) is 0 Å². The molecule has 1 aliphatic rings. The summed E-state index contributed by atoms with van der Waals surface area (Å²) in [5.41, 5.74) is 2.67. The van der Waals surface area contributed by atoms with Gasteiger partial charge in [-0.05, 0) is 74.8 Å². The minimum atomic E-state index is -0.473. The number of hydrogen-bond donors (Lipinski definition) is 0. The van der Waals surface area contributed by atoms with Crippen LogP contribution in [0.15, 0.2) is 65.5 Å². The smallest absolute Gasteiger partial charge is 0.266 e. The predicted octanol–water partition coefficient (Wildman–Crippen LogP) is 4.95. The zero-order valence-electron chi connectivity index (χ0n) is 18.2. The summed E-state index contributed by atoms with van der Waals surface area (Å²) in [4.78, 5) is 25.4. The van der Waals surface area contributed by atoms with E-state index in [1.807, 2.05) is 18.2 Å². The summed E-state index contributed by atoms with van der Waals surface area (Å²) < 4.78 is 15.4. The monoisotopic (exact) mass is 462 g/mol. The van der Waals surface area contributed by atoms with Crippen LogP contribution < -0.4 is 5.56 Å². The Morgan fingerprint density at radius 1 is 0.909 bits per heavy atom. The van der Waals surface area contributed by atoms with E-state index in [0.717, 1.165) is 31.0 Å². The predicted molar refractivity (Wildman–Crippen MR) is 128 cm³/mol. The van der Waals surface area contributed by atoms with Crippen molar-refractivity contribution < 1.29 is 4.39 Å². The summed E-state index contributed by atoms with van der Waals surface area (Å²) in [5.74, 6) is 0.0952. The van der Waals surface area contributed by atoms with Crippen molar-refractivity contribution >= 4 is 22.5 Å². The molecule has 5 nitrogen and oxygen atoms in total. The van der Waals surface area contributed by atoms with E-state index in [4.69, 9.17) is 21.6 Å². The molecular formula is C26H24ClFN4O. The van der Waals surface area contributed by atoms with E-state index >= 15 is 0 Å². The number of hydrogen-bond acceptors (Lipinski definition) is 4. The van der Waals surface area contributed by atoms with E-state index in [0.29, 0.717) is 34.9 Å². The van der Waals surface area contributed by atoms with Crippen molar-refractivity contribution in [3.05, 3.63) is 99.1 Å². The molecule has 0 radical (unpaired) electrons. The zero-order valence-corrected chi connectivity index (χ0v) is 18.9. The van der Waals surface area contributed by atoms with E-state index in [2.05, 4.69) is 11.0 Å². The van der Waals surface area contributed by atoms with Crippen LogP contribution in [-0.2, 0) is 19.4 Å². The van der Waals surface area contributed by atoms with Crippen LogP contribution in [0.25, 0.3) is 16.6 Å². The Morgan fingerprint density at radius 2 is 1.70 bits per heavy atom. The molecule has 7 heteroatoms. The largest absolute Gasteiger partial charge is 0.298 e. The van der Waals surface area contributed by atoms with Gasteiger partial charge in [-0.25, -0.2) is 9.37 Å². The van der Waals surface area contributed by atoms with Gasteiger partial charge in [-0.1, -0.05) is 29.8 Å². The number of likely N-dealkylation sites (tertiary alicyclic amines) is 1. The van der Waals surface area contributed by atoms with Gasteiger partial charge in [0.1, 0.15) is 11.6 Å². The Hall–Kier alpha value is -3.09. The lowest BCUT2D eigenvalue weighted by molar-refractivity contribution is 0.327. The third-order valence-corrected chi connectivity index (χ3v) is 6.37. The van der Waals surface area contributed by atoms with E-state index in [9.17, 15) is 9.18 Å². The van der Waals surface area contributed by atoms with E-state index in [1.165, 1.54) is 29.5 Å². The van der Waals surface area contributed by atoms with Crippen LogP contribution in [0, 0.1) is 5.82 Å². The molecule has 0 bridgehead atoms. The molecule has 2 aromatic carbocycles. The molecular weight excluding hydrogens is 439 g/mol. The third kappa shape index (κ3) is 4.68. The second kappa shape index (κ2) is 9.41. The van der Waals surface area contributed by atoms with Gasteiger partial charge in [0.15, 0.2) is 0 Å². The SMILES string of the molecule is O=c1c2cc(F)ccc2nc(CCc2cccc(CN3CCCC3)n2)n1-c1ccccc1Cl. The van der Waals surface area contributed by atoms with E-state index < -0.39 is 5.82 Å². The fourth-order valence-corrected chi connectivity index (χ4v) is 4.64. The van der Waals surface area contributed by atoms with E-state index in [-0.39, 0.29) is 10.9 Å². The molecule has 3 heterocycles. The summed E-state index contributed by atoms with van der Waals surface area (Å²) in [6, 6.07) is 17.3. The average Bonchev–Trinajstić information content (AvgIpc) is 3.32. The van der Waals surface area contributed by atoms with Gasteiger partial charge in [-0.3, -0.25) is 19.2 Å². The Bertz CT molecular complexity index is 1360. The number of benzene rings is 2. The van der Waals surface area contributed by atoms with Gasteiger partial charge in [0.05, 0.1) is 27.3 Å². The van der Waals surface area contributed by atoms with Crippen LogP contribution in [0.1, 0.15) is 30.1 Å². The fourth-order valence-electron chi connectivity index (χ4n) is 4.42. The van der Waals surface area contributed by atoms with Gasteiger partial charge >= 0.3 is 0 Å². The first-order valence-corrected chi connectivity index (χ1v) is 11.6. The topological polar surface area (TPSA) is 51.0 Å². The molecule has 0 saturated carbocycles. The van der Waals surface area contributed by atoms with Crippen molar-refractivity contribution in [2.75, 3.05) is 13.1 Å². The summed E-state index contributed by atoms with van der Waals surface area (Å²) in [6.07, 6.45) is 3.61. The molecule has 5 rings (SSSR count). The zero-order chi connectivity index (χ0) is 22.8. The van der Waals surface area contributed by atoms with Crippen LogP contribution in [0.4, 0.5) is 4.39 Å². The van der Waals surface area contributed by atoms with Crippen molar-refractivity contribution in [1.82, 2.24) is 19.4 Å². The molecule has 0 unspecified atom stereocenters. The van der Waals surface area contributed by atoms with Gasteiger partial charge in [0, 0.05) is 18.7 Å². The van der Waals surface area contributed by atoms with Crippen LogP contribution in [-0.4, -0.2) is 32.5 Å². The van der Waals surface area contributed by atoms with Gasteiger partial charge in [0.25, 0.3) is 5.56 Å². The first-order chi connectivity index (χ1) is 16.1. The molecule has 2 aromatic heterocycles. The van der Waals surface area contributed by atoms with Crippen molar-refractivity contribution in [3.8, 4) is 5.69 Å². The first-order valence-electron chi connectivity index (χ1n) is 11.2. The maximum Gasteiger partial charge on any atom is 0.266 e. The second-order valence-electron chi connectivity index (χ2n) is 8.38. The number of para-hydroxylation sites is 1. The molecule has 0 aliphatic carbocycles. The molecule has 0 spiro atoms. The average molecular weight is 463 g/mol. The quantitative estimate of drug-likeness (QED) is 0.406. The Kier molecular flexibility index (Phi) is 6.20. The molecule has 1 aliphatic heterocycles. The molecule has 0 amide bonds. The molecule has 0 atom stereocenters. The second-order valence-corrected chi connectivity index (χ2v) is 8.79. The highest BCUT2D eigenvalue weighted by Crippen LogP contribution is 2.22. The third-order valence-electron chi connectivity index (χ3n) is 6.05. The minimum absolute atomic E-state index is 0.226. The Morgan fingerprint density at radius 3 is 2.52 bits per heavy atom. The molecule has 1 saturated heterocycles. The molecule has 1 fully saturated rings. The molecule has 4 aromatic rings. The summed E-state index contributed by atoms with van der Waals surface area (Å²) >= 11 is 6.43. The number of fused-ring (bicyclic) bond motifs is 1. The fraction of sp³-hybridized carbons (Fsp3) is 0.269. The summed E-state index contributed by atoms with van der Waals surface area (Å²) in [7, 11) is 0. The van der Waals surface area contributed by atoms with Crippen molar-refractivity contribution in [2.24, 2.45) is 0 Å². The maximum atomic E-state index is 13.9. The number of nitrogens with zero attached hydrogens (tertiary/aromatic N) is 4. The number of aromatic nitrogens is 3. The normalized spacial score (nSPS) is 14.2. The Balaban J connectivity index is 1.50. The number of pyridine rings is 1. The van der Waals surface area contributed by atoms with Crippen LogP contribution in [0.5, 0.6) is 0 Å². The highest BCUT2D eigenvalue weighted by atomic mass is 35.5. The van der Waals surface area contributed by atoms with Gasteiger partial charge < -0.3 is 0 Å². The van der Waals surface area contributed by atoms with Gasteiger partial charge in [-0.15, -0.1) is 0 Å². The lowest BCUT2D eigenvalue weighted by Gasteiger charge is -2.16. The number of rotatable bonds is 6. The van der Waals surface area contributed by atoms with Crippen molar-refractivity contribution in [3.63, 3.8) is 0 Å². The molecule has 168 valence electrons. The minimum Gasteiger partial charge on any atom is -0.298 e. The lowest BCUT2D eigenvalue weighted by atomic mass is 10.1. The van der Waals surface area contributed by atoms with Crippen LogP contribution in [0.3, 0.4) is 0 Å². The first kappa shape index (κ1) is 21.7. The Labute approximate surface area is 196 Å². The number of halogens is 2. The standard InChI is InChI=1S/C26H24ClFN4O/c27-22-8-1-2-9-24(22)32-25(30-23-12-10-18(28)16-21(23)26(32)33)13-11-19-6-5-7-20(29-19)17-31-14-3-4-15-31/h1-2,5-10,12,16H,3-4,11,13-15,17H2. The van der Waals surface area contributed by atoms with Crippen LogP contribution in [0.2, 0.25) is 5.02 Å². The van der Waals surface area contributed by atoms with Crippen LogP contribution >= 0.6 is 11.6 Å². The molecule has 0 N–H and O–H groups in total. The highest BCUT2D eigenvalue weighted by Gasteiger charge is 2.16. The van der Waals surface area contributed by atoms with E-state index in [1.54, 1.807) is 24.3 Å². The maximum absolute atomic E-state index is 13.9. The summed E-state index contributed by atoms with van der Waals surface area (Å²) in [6.45, 7) is 3.10. The van der Waals surface area contributed by atoms with Crippen molar-refractivity contribution in [2.45, 2.75) is 32.2 Å². The highest BCUT2D eigenvalue weighted by molar-refractivity contribution is 6.32. The number of aryl methyl sites for hydroxylation is 2. The van der Waals surface area contributed by atoms with Gasteiger partial charge in [0.2, 0.25) is 0 Å².